The number of aromatic nitrogens is 2. The van der Waals surface area contributed by atoms with Crippen molar-refractivity contribution < 1.29 is 27.5 Å². The summed E-state index contributed by atoms with van der Waals surface area (Å²) in [5.41, 5.74) is -2.30. The summed E-state index contributed by atoms with van der Waals surface area (Å²) in [6.45, 7) is 2.01. The number of imidazole rings is 1. The zero-order valence-corrected chi connectivity index (χ0v) is 20.3. The summed E-state index contributed by atoms with van der Waals surface area (Å²) in [5, 5.41) is 13.5. The van der Waals surface area contributed by atoms with Crippen LogP contribution < -0.4 is 5.32 Å². The van der Waals surface area contributed by atoms with E-state index < -0.39 is 28.9 Å². The Morgan fingerprint density at radius 1 is 1.26 bits per heavy atom. The van der Waals surface area contributed by atoms with Crippen LogP contribution in [-0.2, 0) is 7.05 Å². The number of anilines is 1. The van der Waals surface area contributed by atoms with Gasteiger partial charge in [0, 0.05) is 18.7 Å². The van der Waals surface area contributed by atoms with Crippen molar-refractivity contribution in [3.63, 3.8) is 0 Å². The average molecular weight is 512 g/mol. The molecule has 1 aromatic heterocycles. The van der Waals surface area contributed by atoms with Crippen molar-refractivity contribution in [3.05, 3.63) is 46.8 Å². The number of rotatable bonds is 3. The fourth-order valence-electron chi connectivity index (χ4n) is 5.12. The van der Waals surface area contributed by atoms with Gasteiger partial charge in [-0.2, -0.15) is 13.2 Å². The molecule has 2 atom stereocenters. The molecule has 35 heavy (non-hydrogen) atoms. The van der Waals surface area contributed by atoms with E-state index in [1.165, 1.54) is 18.2 Å². The summed E-state index contributed by atoms with van der Waals surface area (Å²) < 4.78 is 54.4. The van der Waals surface area contributed by atoms with Gasteiger partial charge in [-0.1, -0.05) is 23.4 Å². The highest BCUT2D eigenvalue weighted by Gasteiger charge is 2.51. The van der Waals surface area contributed by atoms with Gasteiger partial charge >= 0.3 is 6.18 Å². The maximum Gasteiger partial charge on any atom is 0.404 e. The predicted octanol–water partition coefficient (Wildman–Crippen LogP) is 5.69. The molecule has 2 fully saturated rings. The van der Waals surface area contributed by atoms with Gasteiger partial charge in [-0.05, 0) is 69.6 Å². The normalized spacial score (nSPS) is 26.3. The van der Waals surface area contributed by atoms with Crippen LogP contribution in [0.2, 0.25) is 5.02 Å². The Bertz CT molecular complexity index is 1200. The lowest BCUT2D eigenvalue weighted by atomic mass is 9.89. The third-order valence-electron chi connectivity index (χ3n) is 7.10. The Kier molecular flexibility index (Phi) is 6.43. The van der Waals surface area contributed by atoms with Gasteiger partial charge in [-0.3, -0.25) is 4.79 Å². The van der Waals surface area contributed by atoms with Crippen molar-refractivity contribution in [3.8, 4) is 11.8 Å². The van der Waals surface area contributed by atoms with E-state index in [-0.39, 0.29) is 35.6 Å². The highest BCUT2D eigenvalue weighted by molar-refractivity contribution is 6.31. The van der Waals surface area contributed by atoms with Gasteiger partial charge in [0.15, 0.2) is 0 Å². The first-order valence-electron chi connectivity index (χ1n) is 11.3. The van der Waals surface area contributed by atoms with E-state index in [0.717, 1.165) is 13.8 Å². The molecule has 0 aliphatic heterocycles. The predicted molar refractivity (Wildman–Crippen MR) is 123 cm³/mol. The molecule has 5 nitrogen and oxygen atoms in total. The Hall–Kier alpha value is -2.57. The van der Waals surface area contributed by atoms with Crippen LogP contribution >= 0.6 is 11.6 Å². The lowest BCUT2D eigenvalue weighted by Crippen LogP contribution is -2.32. The van der Waals surface area contributed by atoms with Crippen LogP contribution in [0.1, 0.15) is 61.6 Å². The summed E-state index contributed by atoms with van der Waals surface area (Å²) in [6.07, 6.45) is -1.05. The van der Waals surface area contributed by atoms with E-state index in [1.54, 1.807) is 17.9 Å². The summed E-state index contributed by atoms with van der Waals surface area (Å²) in [5.74, 6) is 3.88. The molecular weight excluding hydrogens is 486 g/mol. The number of carbonyl (C=O) groups is 1. The molecule has 1 heterocycles. The molecule has 2 N–H and O–H groups in total. The topological polar surface area (TPSA) is 67.1 Å². The zero-order chi connectivity index (χ0) is 25.8. The van der Waals surface area contributed by atoms with Gasteiger partial charge < -0.3 is 15.0 Å². The Balaban J connectivity index is 1.47. The van der Waals surface area contributed by atoms with E-state index in [1.807, 2.05) is 0 Å². The van der Waals surface area contributed by atoms with Crippen molar-refractivity contribution in [2.45, 2.75) is 57.2 Å². The van der Waals surface area contributed by atoms with Gasteiger partial charge in [0.1, 0.15) is 22.5 Å². The second-order valence-electron chi connectivity index (χ2n) is 10.2. The Morgan fingerprint density at radius 3 is 2.46 bits per heavy atom. The number of amides is 1. The molecular formula is C25H26ClF4N3O2. The van der Waals surface area contributed by atoms with Crippen LogP contribution in [0.5, 0.6) is 0 Å². The van der Waals surface area contributed by atoms with Gasteiger partial charge in [-0.15, -0.1) is 0 Å². The highest BCUT2D eigenvalue weighted by Crippen LogP contribution is 2.54. The lowest BCUT2D eigenvalue weighted by molar-refractivity contribution is -0.190. The summed E-state index contributed by atoms with van der Waals surface area (Å²) in [4.78, 5) is 17.5. The van der Waals surface area contributed by atoms with Crippen LogP contribution in [0.15, 0.2) is 24.5 Å². The lowest BCUT2D eigenvalue weighted by Gasteiger charge is -2.23. The first-order chi connectivity index (χ1) is 16.2. The molecule has 2 aliphatic carbocycles. The fraction of sp³-hybridized carbons (Fsp3) is 0.520. The molecule has 0 radical (unpaired) electrons. The van der Waals surface area contributed by atoms with Crippen LogP contribution in [0, 0.1) is 34.9 Å². The third kappa shape index (κ3) is 5.05. The SMILES string of the molecule is Cn1cnc(C2CC3CC(O)(C#CC(C)(C)C(F)(F)F)CC3C2)c1C(=O)Nc1ccc(F)c(Cl)c1. The maximum atomic E-state index is 13.4. The minimum Gasteiger partial charge on any atom is -0.378 e. The number of carbonyl (C=O) groups excluding carboxylic acids is 1. The summed E-state index contributed by atoms with van der Waals surface area (Å²) in [7, 11) is 1.70. The summed E-state index contributed by atoms with van der Waals surface area (Å²) in [6, 6.07) is 3.91. The second-order valence-corrected chi connectivity index (χ2v) is 10.6. The molecule has 2 aromatic rings. The smallest absolute Gasteiger partial charge is 0.378 e. The monoisotopic (exact) mass is 511 g/mol. The molecule has 2 unspecified atom stereocenters. The number of alkyl halides is 3. The Morgan fingerprint density at radius 2 is 1.89 bits per heavy atom. The van der Waals surface area contributed by atoms with Crippen LogP contribution in [-0.4, -0.2) is 32.3 Å². The molecule has 2 aliphatic rings. The van der Waals surface area contributed by atoms with Crippen molar-refractivity contribution in [1.82, 2.24) is 9.55 Å². The standard InChI is InChI=1S/C25H26ClF4N3O2/c1-23(2,25(28,29)30)6-7-24(35)11-15-8-14(9-16(15)12-24)20-21(33(3)13-31-20)22(34)32-17-4-5-19(27)18(26)10-17/h4-5,10,13-16,35H,8-9,11-12H2,1-3H3,(H,32,34). The van der Waals surface area contributed by atoms with Crippen molar-refractivity contribution >= 4 is 23.2 Å². The zero-order valence-electron chi connectivity index (χ0n) is 19.5. The first-order valence-corrected chi connectivity index (χ1v) is 11.7. The number of fused-ring (bicyclic) bond motifs is 1. The van der Waals surface area contributed by atoms with Gasteiger partial charge in [-0.25, -0.2) is 9.37 Å². The number of halogens is 5. The molecule has 0 saturated heterocycles. The van der Waals surface area contributed by atoms with E-state index in [9.17, 15) is 27.5 Å². The first kappa shape index (κ1) is 25.5. The highest BCUT2D eigenvalue weighted by atomic mass is 35.5. The van der Waals surface area contributed by atoms with Crippen LogP contribution in [0.3, 0.4) is 0 Å². The number of hydrogen-bond acceptors (Lipinski definition) is 3. The average Bonchev–Trinajstić information content (AvgIpc) is 3.39. The van der Waals surface area contributed by atoms with Gasteiger partial charge in [0.25, 0.3) is 5.91 Å². The van der Waals surface area contributed by atoms with Crippen LogP contribution in [0.4, 0.5) is 23.2 Å². The van der Waals surface area contributed by atoms with Crippen LogP contribution in [0.25, 0.3) is 0 Å². The van der Waals surface area contributed by atoms with Crippen molar-refractivity contribution in [1.29, 1.82) is 0 Å². The number of nitrogens with zero attached hydrogens (tertiary/aromatic N) is 2. The third-order valence-corrected chi connectivity index (χ3v) is 7.39. The molecule has 2 saturated carbocycles. The van der Waals surface area contributed by atoms with E-state index in [2.05, 4.69) is 22.1 Å². The van der Waals surface area contributed by atoms with E-state index in [0.29, 0.717) is 29.9 Å². The number of aliphatic hydroxyl groups is 1. The molecule has 0 bridgehead atoms. The quantitative estimate of drug-likeness (QED) is 0.411. The minimum absolute atomic E-state index is 0.0344. The molecule has 10 heteroatoms. The van der Waals surface area contributed by atoms with Gasteiger partial charge in [0.05, 0.1) is 17.0 Å². The number of hydrogen-bond donors (Lipinski definition) is 2. The molecule has 188 valence electrons. The fourth-order valence-corrected chi connectivity index (χ4v) is 5.30. The molecule has 4 rings (SSSR count). The number of benzene rings is 1. The van der Waals surface area contributed by atoms with E-state index >= 15 is 0 Å². The number of nitrogens with one attached hydrogen (secondary N) is 1. The molecule has 0 spiro atoms. The van der Waals surface area contributed by atoms with Crippen molar-refractivity contribution in [2.75, 3.05) is 5.32 Å². The summed E-state index contributed by atoms with van der Waals surface area (Å²) >= 11 is 5.81. The maximum absolute atomic E-state index is 13.4. The molecule has 1 aromatic carbocycles. The number of aryl methyl sites for hydroxylation is 1. The second kappa shape index (κ2) is 8.82. The van der Waals surface area contributed by atoms with Gasteiger partial charge in [0.2, 0.25) is 0 Å². The van der Waals surface area contributed by atoms with E-state index in [4.69, 9.17) is 11.6 Å². The minimum atomic E-state index is -4.48. The molecule has 1 amide bonds. The largest absolute Gasteiger partial charge is 0.404 e. The Labute approximate surface area is 205 Å². The van der Waals surface area contributed by atoms with Crippen molar-refractivity contribution in [2.24, 2.45) is 24.3 Å².